The van der Waals surface area contributed by atoms with E-state index in [-0.39, 0.29) is 0 Å². The third-order valence-electron chi connectivity index (χ3n) is 2.29. The van der Waals surface area contributed by atoms with Gasteiger partial charge in [-0.1, -0.05) is 0 Å². The van der Waals surface area contributed by atoms with E-state index in [1.165, 1.54) is 5.39 Å². The van der Waals surface area contributed by atoms with Crippen molar-refractivity contribution in [1.82, 2.24) is 20.2 Å². The molecule has 0 spiro atoms. The fraction of sp³-hybridized carbons (Fsp3) is 0. The fourth-order valence-electron chi connectivity index (χ4n) is 1.61. The highest BCUT2D eigenvalue weighted by Gasteiger charge is 2.05. The molecule has 0 aromatic carbocycles. The molecule has 0 saturated heterocycles. The molecule has 2 N–H and O–H groups in total. The van der Waals surface area contributed by atoms with Gasteiger partial charge in [0.05, 0.1) is 17.9 Å². The van der Waals surface area contributed by atoms with Crippen LogP contribution in [0.25, 0.3) is 22.0 Å². The molecule has 0 bridgehead atoms. The molecule has 3 rings (SSSR count). The number of pyridine rings is 1. The molecule has 14 heavy (non-hydrogen) atoms. The molecule has 3 aromatic heterocycles. The van der Waals surface area contributed by atoms with Gasteiger partial charge in [-0.25, -0.2) is 0 Å². The minimum atomic E-state index is 1.05. The normalized spacial score (nSPS) is 10.9. The maximum absolute atomic E-state index is 4.05. The number of rotatable bonds is 1. The van der Waals surface area contributed by atoms with Crippen molar-refractivity contribution in [2.45, 2.75) is 0 Å². The Balaban J connectivity index is 2.33. The molecule has 0 amide bonds. The van der Waals surface area contributed by atoms with Crippen LogP contribution in [0.5, 0.6) is 0 Å². The molecule has 68 valence electrons. The highest BCUT2D eigenvalue weighted by molar-refractivity contribution is 5.94. The van der Waals surface area contributed by atoms with Gasteiger partial charge in [-0.15, -0.1) is 0 Å². The van der Waals surface area contributed by atoms with E-state index in [0.717, 1.165) is 16.6 Å². The summed E-state index contributed by atoms with van der Waals surface area (Å²) in [6.45, 7) is 0. The Kier molecular flexibility index (Phi) is 1.41. The van der Waals surface area contributed by atoms with Crippen molar-refractivity contribution in [3.8, 4) is 11.1 Å². The predicted molar refractivity (Wildman–Crippen MR) is 53.7 cm³/mol. The van der Waals surface area contributed by atoms with Gasteiger partial charge in [-0.05, 0) is 6.07 Å². The second kappa shape index (κ2) is 2.70. The van der Waals surface area contributed by atoms with E-state index in [2.05, 4.69) is 20.2 Å². The molecule has 3 heterocycles. The number of hydrogen-bond acceptors (Lipinski definition) is 2. The first-order valence-corrected chi connectivity index (χ1v) is 4.35. The molecule has 0 radical (unpaired) electrons. The first kappa shape index (κ1) is 7.32. The summed E-state index contributed by atoms with van der Waals surface area (Å²) in [5, 5.41) is 7.90. The Bertz CT molecular complexity index is 550. The number of aromatic amines is 2. The lowest BCUT2D eigenvalue weighted by atomic mass is 10.1. The number of aromatic nitrogens is 4. The van der Waals surface area contributed by atoms with Gasteiger partial charge in [0.2, 0.25) is 0 Å². The van der Waals surface area contributed by atoms with Crippen LogP contribution in [0.3, 0.4) is 0 Å². The van der Waals surface area contributed by atoms with Crippen molar-refractivity contribution in [2.75, 3.05) is 0 Å². The number of nitrogens with zero attached hydrogens (tertiary/aromatic N) is 2. The van der Waals surface area contributed by atoms with Crippen molar-refractivity contribution in [3.05, 3.63) is 37.1 Å². The molecule has 0 aliphatic heterocycles. The van der Waals surface area contributed by atoms with E-state index in [0.29, 0.717) is 0 Å². The van der Waals surface area contributed by atoms with E-state index in [4.69, 9.17) is 0 Å². The quantitative estimate of drug-likeness (QED) is 0.607. The van der Waals surface area contributed by atoms with Crippen molar-refractivity contribution in [3.63, 3.8) is 0 Å². The summed E-state index contributed by atoms with van der Waals surface area (Å²) in [6.07, 6.45) is 9.27. The Morgan fingerprint density at radius 1 is 1.14 bits per heavy atom. The Morgan fingerprint density at radius 2 is 2.14 bits per heavy atom. The van der Waals surface area contributed by atoms with Crippen molar-refractivity contribution in [2.24, 2.45) is 0 Å². The zero-order chi connectivity index (χ0) is 9.38. The second-order valence-electron chi connectivity index (χ2n) is 3.11. The van der Waals surface area contributed by atoms with Crippen LogP contribution in [-0.4, -0.2) is 20.2 Å². The van der Waals surface area contributed by atoms with Gasteiger partial charge in [0.15, 0.2) is 0 Å². The van der Waals surface area contributed by atoms with Crippen molar-refractivity contribution in [1.29, 1.82) is 0 Å². The molecule has 0 aliphatic carbocycles. The van der Waals surface area contributed by atoms with Crippen LogP contribution in [0.15, 0.2) is 37.1 Å². The van der Waals surface area contributed by atoms with Gasteiger partial charge in [-0.2, -0.15) is 5.10 Å². The van der Waals surface area contributed by atoms with Gasteiger partial charge in [0.1, 0.15) is 0 Å². The topological polar surface area (TPSA) is 57.4 Å². The summed E-state index contributed by atoms with van der Waals surface area (Å²) in [5.74, 6) is 0. The van der Waals surface area contributed by atoms with Crippen LogP contribution in [0, 0.1) is 0 Å². The molecule has 0 unspecified atom stereocenters. The zero-order valence-corrected chi connectivity index (χ0v) is 7.36. The summed E-state index contributed by atoms with van der Waals surface area (Å²) in [6, 6.07) is 1.99. The highest BCUT2D eigenvalue weighted by atomic mass is 15.1. The van der Waals surface area contributed by atoms with E-state index in [9.17, 15) is 0 Å². The average molecular weight is 184 g/mol. The lowest BCUT2D eigenvalue weighted by Crippen LogP contribution is -1.72. The third kappa shape index (κ3) is 0.939. The van der Waals surface area contributed by atoms with Gasteiger partial charge < -0.3 is 4.98 Å². The summed E-state index contributed by atoms with van der Waals surface area (Å²) in [7, 11) is 0. The third-order valence-corrected chi connectivity index (χ3v) is 2.29. The molecular formula is C10H8N4. The minimum absolute atomic E-state index is 1.05. The van der Waals surface area contributed by atoms with Crippen molar-refractivity contribution < 1.29 is 0 Å². The number of nitrogens with one attached hydrogen (secondary N) is 2. The molecular weight excluding hydrogens is 176 g/mol. The van der Waals surface area contributed by atoms with Crippen LogP contribution in [-0.2, 0) is 0 Å². The second-order valence-corrected chi connectivity index (χ2v) is 3.11. The maximum atomic E-state index is 4.05. The SMILES string of the molecule is c1cc2c(-c3cn[nH]c3)c[nH]c2cn1. The van der Waals surface area contributed by atoms with E-state index >= 15 is 0 Å². The van der Waals surface area contributed by atoms with Gasteiger partial charge >= 0.3 is 0 Å². The van der Waals surface area contributed by atoms with Crippen LogP contribution in [0.4, 0.5) is 0 Å². The first-order chi connectivity index (χ1) is 6.95. The Labute approximate surface area is 80.0 Å². The number of H-pyrrole nitrogens is 2. The van der Waals surface area contributed by atoms with Gasteiger partial charge in [-0.3, -0.25) is 10.1 Å². The Morgan fingerprint density at radius 3 is 3.00 bits per heavy atom. The largest absolute Gasteiger partial charge is 0.359 e. The van der Waals surface area contributed by atoms with E-state index in [1.54, 1.807) is 6.20 Å². The smallest absolute Gasteiger partial charge is 0.0646 e. The minimum Gasteiger partial charge on any atom is -0.359 e. The monoisotopic (exact) mass is 184 g/mol. The lowest BCUT2D eigenvalue weighted by Gasteiger charge is -1.92. The summed E-state index contributed by atoms with van der Waals surface area (Å²) in [4.78, 5) is 7.23. The molecule has 0 aliphatic rings. The summed E-state index contributed by atoms with van der Waals surface area (Å²) in [5.41, 5.74) is 3.28. The van der Waals surface area contributed by atoms with Crippen LogP contribution in [0.1, 0.15) is 0 Å². The van der Waals surface area contributed by atoms with Gasteiger partial charge in [0.25, 0.3) is 0 Å². The van der Waals surface area contributed by atoms with E-state index < -0.39 is 0 Å². The predicted octanol–water partition coefficient (Wildman–Crippen LogP) is 1.95. The standard InChI is InChI=1S/C10H8N4/c1-2-11-6-10-8(1)9(5-12-10)7-3-13-14-4-7/h1-6,12H,(H,13,14). The molecule has 3 aromatic rings. The molecule has 4 nitrogen and oxygen atoms in total. The maximum Gasteiger partial charge on any atom is 0.0646 e. The van der Waals surface area contributed by atoms with Crippen LogP contribution >= 0.6 is 0 Å². The average Bonchev–Trinajstić information content (AvgIpc) is 2.85. The van der Waals surface area contributed by atoms with Gasteiger partial charge in [0, 0.05) is 35.1 Å². The molecule has 0 saturated carbocycles. The number of fused-ring (bicyclic) bond motifs is 1. The van der Waals surface area contributed by atoms with Crippen LogP contribution < -0.4 is 0 Å². The summed E-state index contributed by atoms with van der Waals surface area (Å²) < 4.78 is 0. The molecule has 0 atom stereocenters. The molecule has 4 heteroatoms. The first-order valence-electron chi connectivity index (χ1n) is 4.35. The zero-order valence-electron chi connectivity index (χ0n) is 7.36. The van der Waals surface area contributed by atoms with Crippen molar-refractivity contribution >= 4 is 10.9 Å². The highest BCUT2D eigenvalue weighted by Crippen LogP contribution is 2.26. The summed E-state index contributed by atoms with van der Waals surface area (Å²) >= 11 is 0. The number of hydrogen-bond donors (Lipinski definition) is 2. The fourth-order valence-corrected chi connectivity index (χ4v) is 1.61. The molecule has 0 fully saturated rings. The lowest BCUT2D eigenvalue weighted by molar-refractivity contribution is 1.09. The van der Waals surface area contributed by atoms with E-state index in [1.807, 2.05) is 30.9 Å². The Hall–Kier alpha value is -2.10. The van der Waals surface area contributed by atoms with Crippen LogP contribution in [0.2, 0.25) is 0 Å².